The van der Waals surface area contributed by atoms with Crippen molar-refractivity contribution in [3.63, 3.8) is 0 Å². The van der Waals surface area contributed by atoms with Crippen LogP contribution in [0.3, 0.4) is 0 Å². The molecule has 2 saturated heterocycles. The average Bonchev–Trinajstić information content (AvgIpc) is 2.67. The number of carbonyl (C=O) groups excluding carboxylic acids is 1. The Morgan fingerprint density at radius 3 is 2.26 bits per heavy atom. The first-order chi connectivity index (χ1) is 13.3. The molecule has 2 aromatic carbocycles. The fourth-order valence-electron chi connectivity index (χ4n) is 3.75. The summed E-state index contributed by atoms with van der Waals surface area (Å²) in [6.45, 7) is 4.35. The normalized spacial score (nSPS) is 20.9. The van der Waals surface area contributed by atoms with Crippen molar-refractivity contribution in [1.29, 1.82) is 0 Å². The maximum Gasteiger partial charge on any atom is 0.410 e. The second-order valence-electron chi connectivity index (χ2n) is 7.26. The lowest BCUT2D eigenvalue weighted by Gasteiger charge is -2.46. The number of rotatable bonds is 5. The smallest absolute Gasteiger partial charge is 0.410 e. The van der Waals surface area contributed by atoms with Gasteiger partial charge in [0.15, 0.2) is 0 Å². The van der Waals surface area contributed by atoms with Crippen LogP contribution in [0.1, 0.15) is 11.1 Å². The van der Waals surface area contributed by atoms with Crippen LogP contribution in [-0.2, 0) is 22.5 Å². The second kappa shape index (κ2) is 8.55. The fraction of sp³-hybridized carbons (Fsp3) is 0.409. The fourth-order valence-corrected chi connectivity index (χ4v) is 3.75. The molecule has 2 aliphatic rings. The lowest BCUT2D eigenvalue weighted by molar-refractivity contribution is -0.0843. The molecule has 1 amide bonds. The zero-order valence-corrected chi connectivity index (χ0v) is 15.5. The van der Waals surface area contributed by atoms with Crippen molar-refractivity contribution in [2.45, 2.75) is 25.1 Å². The standard InChI is InChI=1S/C22H26N2O3/c25-22(27-15-19-9-5-2-6-10-19)24-12-11-23(21-16-26-17-21)14-20(24)13-18-7-3-1-4-8-18/h1-10,20-21H,11-17H2. The second-order valence-corrected chi connectivity index (χ2v) is 7.26. The highest BCUT2D eigenvalue weighted by atomic mass is 16.6. The van der Waals surface area contributed by atoms with E-state index in [1.807, 2.05) is 53.4 Å². The van der Waals surface area contributed by atoms with Crippen LogP contribution in [0.4, 0.5) is 4.79 Å². The number of hydrogen-bond acceptors (Lipinski definition) is 4. The average molecular weight is 366 g/mol. The Hall–Kier alpha value is -2.37. The molecule has 0 aliphatic carbocycles. The summed E-state index contributed by atoms with van der Waals surface area (Å²) in [5.41, 5.74) is 2.26. The molecule has 142 valence electrons. The summed E-state index contributed by atoms with van der Waals surface area (Å²) >= 11 is 0. The molecule has 0 radical (unpaired) electrons. The number of piperazine rings is 1. The number of benzene rings is 2. The summed E-state index contributed by atoms with van der Waals surface area (Å²) in [7, 11) is 0. The number of nitrogens with zero attached hydrogens (tertiary/aromatic N) is 2. The van der Waals surface area contributed by atoms with Gasteiger partial charge in [-0.1, -0.05) is 60.7 Å². The lowest BCUT2D eigenvalue weighted by Crippen LogP contribution is -2.61. The number of carbonyl (C=O) groups is 1. The van der Waals surface area contributed by atoms with Crippen molar-refractivity contribution < 1.29 is 14.3 Å². The van der Waals surface area contributed by atoms with Gasteiger partial charge in [-0.05, 0) is 17.5 Å². The van der Waals surface area contributed by atoms with Gasteiger partial charge in [0.2, 0.25) is 0 Å². The molecule has 0 bridgehead atoms. The predicted molar refractivity (Wildman–Crippen MR) is 103 cm³/mol. The van der Waals surface area contributed by atoms with Crippen LogP contribution < -0.4 is 0 Å². The van der Waals surface area contributed by atoms with E-state index in [4.69, 9.17) is 9.47 Å². The predicted octanol–water partition coefficient (Wildman–Crippen LogP) is 2.95. The topological polar surface area (TPSA) is 42.0 Å². The van der Waals surface area contributed by atoms with Crippen molar-refractivity contribution in [3.05, 3.63) is 71.8 Å². The highest BCUT2D eigenvalue weighted by molar-refractivity contribution is 5.68. The molecule has 0 spiro atoms. The molecule has 27 heavy (non-hydrogen) atoms. The minimum atomic E-state index is -0.218. The molecule has 5 heteroatoms. The minimum Gasteiger partial charge on any atom is -0.445 e. The number of ether oxygens (including phenoxy) is 2. The summed E-state index contributed by atoms with van der Waals surface area (Å²) in [5.74, 6) is 0. The maximum absolute atomic E-state index is 12.8. The van der Waals surface area contributed by atoms with E-state index in [9.17, 15) is 4.79 Å². The van der Waals surface area contributed by atoms with Crippen LogP contribution in [0.15, 0.2) is 60.7 Å². The van der Waals surface area contributed by atoms with E-state index in [1.165, 1.54) is 5.56 Å². The zero-order chi connectivity index (χ0) is 18.5. The molecular formula is C22H26N2O3. The SMILES string of the molecule is O=C(OCc1ccccc1)N1CCN(C2COC2)CC1Cc1ccccc1. The Labute approximate surface area is 160 Å². The molecule has 0 aromatic heterocycles. The van der Waals surface area contributed by atoms with Gasteiger partial charge in [-0.3, -0.25) is 4.90 Å². The number of hydrogen-bond donors (Lipinski definition) is 0. The van der Waals surface area contributed by atoms with E-state index >= 15 is 0 Å². The Morgan fingerprint density at radius 1 is 0.963 bits per heavy atom. The number of amides is 1. The van der Waals surface area contributed by atoms with Gasteiger partial charge in [-0.2, -0.15) is 0 Å². The first-order valence-corrected chi connectivity index (χ1v) is 9.62. The summed E-state index contributed by atoms with van der Waals surface area (Å²) in [5, 5.41) is 0. The molecule has 5 nitrogen and oxygen atoms in total. The Balaban J connectivity index is 1.42. The van der Waals surface area contributed by atoms with Gasteiger partial charge in [0.1, 0.15) is 6.61 Å². The molecule has 1 atom stereocenters. The summed E-state index contributed by atoms with van der Waals surface area (Å²) in [4.78, 5) is 17.2. The van der Waals surface area contributed by atoms with Crippen LogP contribution in [0.5, 0.6) is 0 Å². The van der Waals surface area contributed by atoms with Gasteiger partial charge in [-0.25, -0.2) is 4.79 Å². The van der Waals surface area contributed by atoms with Crippen LogP contribution >= 0.6 is 0 Å². The zero-order valence-electron chi connectivity index (χ0n) is 15.5. The molecule has 2 fully saturated rings. The van der Waals surface area contributed by atoms with Crippen LogP contribution in [0.25, 0.3) is 0 Å². The Bertz CT molecular complexity index is 734. The Kier molecular flexibility index (Phi) is 5.70. The third kappa shape index (κ3) is 4.49. The third-order valence-corrected chi connectivity index (χ3v) is 5.40. The van der Waals surface area contributed by atoms with E-state index in [2.05, 4.69) is 17.0 Å². The van der Waals surface area contributed by atoms with Gasteiger partial charge in [0, 0.05) is 19.6 Å². The molecule has 4 rings (SSSR count). The van der Waals surface area contributed by atoms with Gasteiger partial charge < -0.3 is 14.4 Å². The van der Waals surface area contributed by atoms with Crippen molar-refractivity contribution >= 4 is 6.09 Å². The quantitative estimate of drug-likeness (QED) is 0.816. The molecule has 2 aromatic rings. The molecule has 1 unspecified atom stereocenters. The van der Waals surface area contributed by atoms with Gasteiger partial charge in [-0.15, -0.1) is 0 Å². The molecule has 2 heterocycles. The van der Waals surface area contributed by atoms with Crippen molar-refractivity contribution in [1.82, 2.24) is 9.80 Å². The largest absolute Gasteiger partial charge is 0.445 e. The van der Waals surface area contributed by atoms with Gasteiger partial charge >= 0.3 is 6.09 Å². The van der Waals surface area contributed by atoms with Crippen molar-refractivity contribution in [2.24, 2.45) is 0 Å². The minimum absolute atomic E-state index is 0.116. The van der Waals surface area contributed by atoms with Crippen LogP contribution in [0, 0.1) is 0 Å². The van der Waals surface area contributed by atoms with Crippen molar-refractivity contribution in [2.75, 3.05) is 32.8 Å². The van der Waals surface area contributed by atoms with E-state index in [0.29, 0.717) is 19.2 Å². The van der Waals surface area contributed by atoms with E-state index in [1.54, 1.807) is 0 Å². The van der Waals surface area contributed by atoms with Crippen LogP contribution in [-0.4, -0.2) is 60.8 Å². The molecule has 2 aliphatic heterocycles. The summed E-state index contributed by atoms with van der Waals surface area (Å²) in [6.07, 6.45) is 0.620. The molecule has 0 saturated carbocycles. The highest BCUT2D eigenvalue weighted by Crippen LogP contribution is 2.21. The molecule has 0 N–H and O–H groups in total. The summed E-state index contributed by atoms with van der Waals surface area (Å²) < 4.78 is 11.0. The lowest BCUT2D eigenvalue weighted by atomic mass is 10.0. The monoisotopic (exact) mass is 366 g/mol. The first-order valence-electron chi connectivity index (χ1n) is 9.62. The van der Waals surface area contributed by atoms with E-state index < -0.39 is 0 Å². The van der Waals surface area contributed by atoms with E-state index in [0.717, 1.165) is 38.3 Å². The van der Waals surface area contributed by atoms with Crippen molar-refractivity contribution in [3.8, 4) is 0 Å². The summed E-state index contributed by atoms with van der Waals surface area (Å²) in [6, 6.07) is 20.8. The third-order valence-electron chi connectivity index (χ3n) is 5.40. The Morgan fingerprint density at radius 2 is 1.63 bits per heavy atom. The molecular weight excluding hydrogens is 340 g/mol. The maximum atomic E-state index is 12.8. The van der Waals surface area contributed by atoms with Gasteiger partial charge in [0.05, 0.1) is 25.3 Å². The van der Waals surface area contributed by atoms with Gasteiger partial charge in [0.25, 0.3) is 0 Å². The van der Waals surface area contributed by atoms with Crippen LogP contribution in [0.2, 0.25) is 0 Å². The first kappa shape index (κ1) is 18.0. The highest BCUT2D eigenvalue weighted by Gasteiger charge is 2.36. The van der Waals surface area contributed by atoms with E-state index in [-0.39, 0.29) is 12.1 Å².